The Balaban J connectivity index is 1.61. The number of pyridine rings is 1. The van der Waals surface area contributed by atoms with Gasteiger partial charge in [0, 0.05) is 29.4 Å². The van der Waals surface area contributed by atoms with Crippen LogP contribution in [0.4, 0.5) is 0 Å². The van der Waals surface area contributed by atoms with E-state index in [1.807, 2.05) is 66.7 Å². The van der Waals surface area contributed by atoms with Gasteiger partial charge in [-0.3, -0.25) is 14.6 Å². The van der Waals surface area contributed by atoms with Gasteiger partial charge in [-0.2, -0.15) is 0 Å². The van der Waals surface area contributed by atoms with Gasteiger partial charge in [0.15, 0.2) is 0 Å². The van der Waals surface area contributed by atoms with Crippen molar-refractivity contribution >= 4 is 23.5 Å². The Hall–Kier alpha value is -3.18. The van der Waals surface area contributed by atoms with Crippen LogP contribution in [-0.4, -0.2) is 28.0 Å². The Bertz CT molecular complexity index is 991. The molecule has 0 aliphatic rings. The monoisotopic (exact) mass is 422 g/mol. The molecule has 0 aliphatic heterocycles. The predicted octanol–water partition coefficient (Wildman–Crippen LogP) is 4.54. The molecule has 154 valence electrons. The fourth-order valence-corrected chi connectivity index (χ4v) is 3.45. The fourth-order valence-electron chi connectivity index (χ4n) is 3.26. The number of nitrogens with one attached hydrogen (secondary N) is 1. The lowest BCUT2D eigenvalue weighted by molar-refractivity contribution is -0.137. The molecule has 1 unspecified atom stereocenters. The molecule has 0 aliphatic carbocycles. The number of carbonyl (C=O) groups is 2. The van der Waals surface area contributed by atoms with Gasteiger partial charge in [-0.05, 0) is 53.8 Å². The van der Waals surface area contributed by atoms with Gasteiger partial charge in [-0.25, -0.2) is 0 Å². The van der Waals surface area contributed by atoms with Crippen LogP contribution in [0.25, 0.3) is 11.1 Å². The molecule has 6 heteroatoms. The van der Waals surface area contributed by atoms with Crippen molar-refractivity contribution in [3.8, 4) is 11.1 Å². The maximum Gasteiger partial charge on any atom is 0.305 e. The molecule has 1 heterocycles. The molecule has 1 amide bonds. The SMILES string of the molecule is O=C(O)CC(Cc1ccc(-c2cccc(Cl)c2)cc1)NC(=O)CCc1ccccn1. The molecule has 2 N–H and O–H groups in total. The quantitative estimate of drug-likeness (QED) is 0.530. The van der Waals surface area contributed by atoms with E-state index in [-0.39, 0.29) is 18.7 Å². The largest absolute Gasteiger partial charge is 0.481 e. The Kier molecular flexibility index (Phi) is 7.57. The number of aryl methyl sites for hydroxylation is 1. The lowest BCUT2D eigenvalue weighted by atomic mass is 9.99. The van der Waals surface area contributed by atoms with E-state index in [9.17, 15) is 14.7 Å². The fraction of sp³-hybridized carbons (Fsp3) is 0.208. The summed E-state index contributed by atoms with van der Waals surface area (Å²) in [4.78, 5) is 27.8. The number of amides is 1. The highest BCUT2D eigenvalue weighted by atomic mass is 35.5. The second-order valence-electron chi connectivity index (χ2n) is 7.09. The van der Waals surface area contributed by atoms with Crippen LogP contribution in [0, 0.1) is 0 Å². The zero-order chi connectivity index (χ0) is 21.3. The van der Waals surface area contributed by atoms with Gasteiger partial charge in [-0.1, -0.05) is 54.1 Å². The summed E-state index contributed by atoms with van der Waals surface area (Å²) in [6, 6.07) is 20.5. The molecule has 3 rings (SSSR count). The van der Waals surface area contributed by atoms with E-state index in [0.717, 1.165) is 22.4 Å². The molecule has 30 heavy (non-hydrogen) atoms. The molecule has 0 bridgehead atoms. The summed E-state index contributed by atoms with van der Waals surface area (Å²) in [6.45, 7) is 0. The molecule has 0 fully saturated rings. The van der Waals surface area contributed by atoms with E-state index in [1.54, 1.807) is 6.20 Å². The van der Waals surface area contributed by atoms with E-state index in [4.69, 9.17) is 11.6 Å². The van der Waals surface area contributed by atoms with Crippen LogP contribution >= 0.6 is 11.6 Å². The number of carbonyl (C=O) groups excluding carboxylic acids is 1. The normalized spacial score (nSPS) is 11.6. The molecule has 1 aromatic heterocycles. The molecule has 0 saturated heterocycles. The highest BCUT2D eigenvalue weighted by Gasteiger charge is 2.17. The molecule has 2 aromatic carbocycles. The number of halogens is 1. The predicted molar refractivity (Wildman–Crippen MR) is 117 cm³/mol. The van der Waals surface area contributed by atoms with Gasteiger partial charge in [0.05, 0.1) is 6.42 Å². The van der Waals surface area contributed by atoms with Crippen molar-refractivity contribution in [1.29, 1.82) is 0 Å². The van der Waals surface area contributed by atoms with Crippen LogP contribution in [0.2, 0.25) is 5.02 Å². The third kappa shape index (κ3) is 6.71. The Morgan fingerprint density at radius 3 is 2.47 bits per heavy atom. The van der Waals surface area contributed by atoms with Crippen LogP contribution in [-0.2, 0) is 22.4 Å². The maximum atomic E-state index is 12.3. The number of rotatable bonds is 9. The third-order valence-corrected chi connectivity index (χ3v) is 4.95. The highest BCUT2D eigenvalue weighted by molar-refractivity contribution is 6.30. The van der Waals surface area contributed by atoms with Crippen molar-refractivity contribution in [2.24, 2.45) is 0 Å². The first kappa shape index (κ1) is 21.5. The lowest BCUT2D eigenvalue weighted by Gasteiger charge is -2.17. The molecular weight excluding hydrogens is 400 g/mol. The zero-order valence-electron chi connectivity index (χ0n) is 16.4. The molecule has 1 atom stereocenters. The Morgan fingerprint density at radius 1 is 1.00 bits per heavy atom. The van der Waals surface area contributed by atoms with Crippen molar-refractivity contribution in [2.75, 3.05) is 0 Å². The van der Waals surface area contributed by atoms with Gasteiger partial charge in [0.2, 0.25) is 5.91 Å². The van der Waals surface area contributed by atoms with Crippen molar-refractivity contribution in [3.05, 3.63) is 89.2 Å². The van der Waals surface area contributed by atoms with Gasteiger partial charge in [0.1, 0.15) is 0 Å². The molecule has 0 spiro atoms. The number of carboxylic acids is 1. The molecule has 0 saturated carbocycles. The van der Waals surface area contributed by atoms with Gasteiger partial charge in [0.25, 0.3) is 0 Å². The molecular formula is C24H23ClN2O3. The number of carboxylic acid groups (broad SMARTS) is 1. The van der Waals surface area contributed by atoms with Crippen molar-refractivity contribution < 1.29 is 14.7 Å². The van der Waals surface area contributed by atoms with E-state index >= 15 is 0 Å². The average Bonchev–Trinajstić information content (AvgIpc) is 2.73. The minimum Gasteiger partial charge on any atom is -0.481 e. The summed E-state index contributed by atoms with van der Waals surface area (Å²) in [6.07, 6.45) is 2.78. The Morgan fingerprint density at radius 2 is 1.80 bits per heavy atom. The number of hydrogen-bond acceptors (Lipinski definition) is 3. The third-order valence-electron chi connectivity index (χ3n) is 4.71. The van der Waals surface area contributed by atoms with Gasteiger partial charge in [-0.15, -0.1) is 0 Å². The number of hydrogen-bond donors (Lipinski definition) is 2. The summed E-state index contributed by atoms with van der Waals surface area (Å²) in [5.41, 5.74) is 3.82. The second kappa shape index (κ2) is 10.6. The second-order valence-corrected chi connectivity index (χ2v) is 7.53. The van der Waals surface area contributed by atoms with Crippen LogP contribution in [0.1, 0.15) is 24.1 Å². The number of aliphatic carboxylic acids is 1. The first-order valence-corrected chi connectivity index (χ1v) is 10.1. The van der Waals surface area contributed by atoms with Gasteiger partial charge >= 0.3 is 5.97 Å². The summed E-state index contributed by atoms with van der Waals surface area (Å²) < 4.78 is 0. The van der Waals surface area contributed by atoms with Crippen LogP contribution in [0.5, 0.6) is 0 Å². The van der Waals surface area contributed by atoms with Crippen LogP contribution in [0.15, 0.2) is 72.9 Å². The molecule has 3 aromatic rings. The zero-order valence-corrected chi connectivity index (χ0v) is 17.2. The van der Waals surface area contributed by atoms with E-state index in [1.165, 1.54) is 0 Å². The van der Waals surface area contributed by atoms with E-state index < -0.39 is 12.0 Å². The number of benzene rings is 2. The lowest BCUT2D eigenvalue weighted by Crippen LogP contribution is -2.38. The van der Waals surface area contributed by atoms with Crippen molar-refractivity contribution in [1.82, 2.24) is 10.3 Å². The molecule has 0 radical (unpaired) electrons. The maximum absolute atomic E-state index is 12.3. The van der Waals surface area contributed by atoms with Gasteiger partial charge < -0.3 is 10.4 Å². The summed E-state index contributed by atoms with van der Waals surface area (Å²) in [5, 5.41) is 12.8. The average molecular weight is 423 g/mol. The van der Waals surface area contributed by atoms with Crippen molar-refractivity contribution in [2.45, 2.75) is 31.7 Å². The first-order chi connectivity index (χ1) is 14.5. The first-order valence-electron chi connectivity index (χ1n) is 9.75. The smallest absolute Gasteiger partial charge is 0.305 e. The minimum absolute atomic E-state index is 0.134. The summed E-state index contributed by atoms with van der Waals surface area (Å²) in [7, 11) is 0. The van der Waals surface area contributed by atoms with Crippen LogP contribution < -0.4 is 5.32 Å². The van der Waals surface area contributed by atoms with E-state index in [0.29, 0.717) is 17.9 Å². The minimum atomic E-state index is -0.944. The highest BCUT2D eigenvalue weighted by Crippen LogP contribution is 2.23. The topological polar surface area (TPSA) is 79.3 Å². The van der Waals surface area contributed by atoms with Crippen LogP contribution in [0.3, 0.4) is 0 Å². The van der Waals surface area contributed by atoms with E-state index in [2.05, 4.69) is 10.3 Å². The summed E-state index contributed by atoms with van der Waals surface area (Å²) >= 11 is 6.06. The molecule has 5 nitrogen and oxygen atoms in total. The summed E-state index contributed by atoms with van der Waals surface area (Å²) in [5.74, 6) is -1.12. The standard InChI is InChI=1S/C24H23ClN2O3/c25-20-5-3-4-19(15-20)18-9-7-17(8-10-18)14-22(16-24(29)30)27-23(28)12-11-21-6-1-2-13-26-21/h1-10,13,15,22H,11-12,14,16H2,(H,27,28)(H,29,30). The number of aromatic nitrogens is 1. The number of nitrogens with zero attached hydrogens (tertiary/aromatic N) is 1. The van der Waals surface area contributed by atoms with Crippen molar-refractivity contribution in [3.63, 3.8) is 0 Å². The Labute approximate surface area is 180 Å².